The number of fused-ring (bicyclic) bond motifs is 4. The molecule has 0 radical (unpaired) electrons. The second kappa shape index (κ2) is 42.7. The fraction of sp³-hybridized carbons (Fsp3) is 0.267. The highest BCUT2D eigenvalue weighted by atomic mass is 28.3. The second-order valence-corrected chi connectivity index (χ2v) is 63.6. The first-order chi connectivity index (χ1) is 66.3. The van der Waals surface area contributed by atoms with E-state index in [0.29, 0.717) is 5.41 Å². The predicted molar refractivity (Wildman–Crippen MR) is 612 cm³/mol. The summed E-state index contributed by atoms with van der Waals surface area (Å²) in [6, 6.07) is 137. The molecule has 706 valence electrons. The summed E-state index contributed by atoms with van der Waals surface area (Å²) in [5, 5.41) is 17.0. The molecule has 18 rings (SSSR count). The number of aryl methyl sites for hydroxylation is 8. The lowest BCUT2D eigenvalue weighted by atomic mass is 9.95. The van der Waals surface area contributed by atoms with E-state index in [2.05, 4.69) is 566 Å². The molecule has 0 unspecified atom stereocenters. The lowest BCUT2D eigenvalue weighted by Gasteiger charge is -2.41. The van der Waals surface area contributed by atoms with Gasteiger partial charge in [0, 0.05) is 24.3 Å². The summed E-state index contributed by atoms with van der Waals surface area (Å²) in [5.41, 5.74) is 28.9. The highest BCUT2D eigenvalue weighted by Crippen LogP contribution is 2.42. The van der Waals surface area contributed by atoms with Crippen LogP contribution in [0.1, 0.15) is 110 Å². The minimum atomic E-state index is -1.85. The minimum Gasteiger partial charge on any atom is -0.200 e. The first-order valence-corrected chi connectivity index (χ1v) is 62.8. The van der Waals surface area contributed by atoms with Crippen molar-refractivity contribution in [3.05, 3.63) is 410 Å². The summed E-state index contributed by atoms with van der Waals surface area (Å²) < 4.78 is 9.12. The third-order valence-electron chi connectivity index (χ3n) is 29.8. The van der Waals surface area contributed by atoms with Crippen LogP contribution < -0.4 is 39.0 Å². The quantitative estimate of drug-likeness (QED) is 0.0448. The Bertz CT molecular complexity index is 7330. The van der Waals surface area contributed by atoms with E-state index in [0.717, 1.165) is 23.8 Å². The van der Waals surface area contributed by atoms with Crippen LogP contribution in [0.5, 0.6) is 0 Å². The van der Waals surface area contributed by atoms with Gasteiger partial charge >= 0.3 is 0 Å². The summed E-state index contributed by atoms with van der Waals surface area (Å²) >= 11 is 0. The SMILES string of the molecule is Cc1ccc(-c2ccccc2)cc1-c1c2ccc([Si](C)(C)C(C)(C)c3ccccc3)cc2cc[n+]1C.Cc1ccc(-c2ccccc2)cc1-c1c2ccc([Si](C)(C)CC(C)(C)C)cc2cc[n+]1C.Cc1ccc(-c2ccccc2)cc1-c1c2ccc([Si](C)(C)Cc3ccccc3)cc2cc[n+]1C.Cc1ccc(-c2ccccc2)cc1-c1c2ccc([Si](CC(C)C)(CC(C)C)CC(C)C)cc2cc[n+]1C. The van der Waals surface area contributed by atoms with Crippen LogP contribution in [-0.2, 0) is 39.3 Å². The molecule has 4 aromatic heterocycles. The van der Waals surface area contributed by atoms with Crippen LogP contribution >= 0.6 is 0 Å². The number of pyridine rings is 4. The van der Waals surface area contributed by atoms with E-state index in [-0.39, 0.29) is 5.04 Å². The van der Waals surface area contributed by atoms with Gasteiger partial charge in [0.1, 0.15) is 28.2 Å². The molecule has 0 bridgehead atoms. The van der Waals surface area contributed by atoms with Crippen LogP contribution in [-0.4, -0.2) is 32.3 Å². The molecule has 0 atom stereocenters. The van der Waals surface area contributed by atoms with Crippen LogP contribution in [0.4, 0.5) is 0 Å². The Morgan fingerprint density at radius 2 is 0.518 bits per heavy atom. The molecule has 8 heteroatoms. The fourth-order valence-corrected chi connectivity index (χ4v) is 38.2. The molecule has 0 aliphatic heterocycles. The van der Waals surface area contributed by atoms with Crippen LogP contribution in [0.15, 0.2) is 377 Å². The minimum absolute atomic E-state index is 0.116. The molecule has 0 saturated carbocycles. The van der Waals surface area contributed by atoms with Crippen LogP contribution in [0, 0.1) is 50.9 Å². The summed E-state index contributed by atoms with van der Waals surface area (Å²) in [6.07, 6.45) is 8.90. The summed E-state index contributed by atoms with van der Waals surface area (Å²) in [7, 11) is 2.03. The Labute approximate surface area is 837 Å². The predicted octanol–water partition coefficient (Wildman–Crippen LogP) is 30.9. The van der Waals surface area contributed by atoms with Crippen molar-refractivity contribution in [3.8, 4) is 89.5 Å². The number of aromatic nitrogens is 4. The van der Waals surface area contributed by atoms with Gasteiger partial charge in [-0.15, -0.1) is 0 Å². The van der Waals surface area contributed by atoms with Gasteiger partial charge in [0.15, 0.2) is 24.8 Å². The van der Waals surface area contributed by atoms with E-state index in [4.69, 9.17) is 0 Å². The maximum Gasteiger partial charge on any atom is 0.220 e. The average molecular weight is 1890 g/mol. The molecule has 4 heterocycles. The van der Waals surface area contributed by atoms with Crippen molar-refractivity contribution in [2.45, 2.75) is 178 Å². The van der Waals surface area contributed by atoms with E-state index in [1.54, 1.807) is 10.4 Å². The van der Waals surface area contributed by atoms with Gasteiger partial charge < -0.3 is 0 Å². The Kier molecular flexibility index (Phi) is 31.1. The van der Waals surface area contributed by atoms with Gasteiger partial charge in [-0.3, -0.25) is 0 Å². The van der Waals surface area contributed by atoms with E-state index < -0.39 is 32.3 Å². The standard InChI is InChI=1S/C35H46NSi.C34H36NSi.C32H32NSi.C30H36NSi/c1-25(2)22-37(23-26(3)4,24-27(5)6)32-16-17-33-31(20-32)18-19-36(8)35(33)34-21-30(15-14-28(34)7)29-12-10-9-11-13-29;1-25-17-18-27(26-13-9-7-10-14-26)24-32(25)33-31-20-19-30(23-28(31)21-22-35(33)4)36(5,6)34(2,3)29-15-11-8-12-16-29;1-24-15-16-27(26-13-9-6-10-14-26)22-31(24)32-30-18-17-29(21-28(30)19-20-33(32)2)34(3,4)23-25-11-7-5-8-12-25;1-22-13-14-24(23-11-9-8-10-12-23)20-28(22)29-27-16-15-26(19-25(27)17-18-31(29)5)32(6,7)21-30(2,3)4/h9-21,25-27H,22-24H2,1-8H3;7-24H,1-6H3;5-22H,23H2,1-4H3;8-20H,21H2,1-7H3/q4*+1. The van der Waals surface area contributed by atoms with Gasteiger partial charge in [-0.1, -0.05) is 439 Å². The highest BCUT2D eigenvalue weighted by molar-refractivity contribution is 6.93. The van der Waals surface area contributed by atoms with Gasteiger partial charge in [-0.2, -0.15) is 0 Å². The topological polar surface area (TPSA) is 15.5 Å². The van der Waals surface area contributed by atoms with Gasteiger partial charge in [-0.25, -0.2) is 18.3 Å². The molecule has 14 aromatic carbocycles. The molecule has 0 saturated heterocycles. The number of nitrogens with zero attached hydrogens (tertiary/aromatic N) is 4. The molecule has 0 amide bonds. The van der Waals surface area contributed by atoms with Crippen molar-refractivity contribution >= 4 is 96.1 Å². The van der Waals surface area contributed by atoms with Crippen LogP contribution in [0.3, 0.4) is 0 Å². The first kappa shape index (κ1) is 101. The molecule has 0 fully saturated rings. The average Bonchev–Trinajstić information content (AvgIpc) is 0.743. The normalized spacial score (nSPS) is 12.1. The summed E-state index contributed by atoms with van der Waals surface area (Å²) in [4.78, 5) is 0. The second-order valence-electron chi connectivity index (χ2n) is 44.7. The highest BCUT2D eigenvalue weighted by Gasteiger charge is 2.43. The molecular formula is C131H150N4Si4+4. The number of hydrogen-bond donors (Lipinski definition) is 0. The summed E-state index contributed by atoms with van der Waals surface area (Å²) in [6.45, 7) is 50.4. The molecule has 18 aromatic rings. The van der Waals surface area contributed by atoms with Crippen molar-refractivity contribution in [2.75, 3.05) is 0 Å². The Morgan fingerprint density at radius 3 is 0.813 bits per heavy atom. The van der Waals surface area contributed by atoms with Crippen molar-refractivity contribution in [2.24, 2.45) is 51.4 Å². The fourth-order valence-electron chi connectivity index (χ4n) is 22.3. The lowest BCUT2D eigenvalue weighted by Crippen LogP contribution is -2.57. The zero-order valence-corrected chi connectivity index (χ0v) is 91.9. The van der Waals surface area contributed by atoms with Gasteiger partial charge in [0.25, 0.3) is 0 Å². The third kappa shape index (κ3) is 23.0. The Balaban J connectivity index is 0.000000141. The molecule has 0 aliphatic rings. The van der Waals surface area contributed by atoms with E-state index in [1.807, 2.05) is 0 Å². The molecule has 0 N–H and O–H groups in total. The third-order valence-corrected chi connectivity index (χ3v) is 48.2. The molecular weight excluding hydrogens is 1740 g/mol. The number of benzene rings is 14. The van der Waals surface area contributed by atoms with Crippen LogP contribution in [0.2, 0.25) is 63.5 Å². The van der Waals surface area contributed by atoms with Gasteiger partial charge in [0.05, 0.1) is 76.1 Å². The maximum absolute atomic E-state index is 2.58. The monoisotopic (exact) mass is 1890 g/mol. The Morgan fingerprint density at radius 1 is 0.259 bits per heavy atom. The number of rotatable bonds is 23. The van der Waals surface area contributed by atoms with Crippen molar-refractivity contribution in [1.82, 2.24) is 0 Å². The largest absolute Gasteiger partial charge is 0.220 e. The van der Waals surface area contributed by atoms with Crippen molar-refractivity contribution < 1.29 is 18.3 Å². The van der Waals surface area contributed by atoms with Crippen LogP contribution in [0.25, 0.3) is 133 Å². The zero-order chi connectivity index (χ0) is 99.0. The zero-order valence-electron chi connectivity index (χ0n) is 87.9. The van der Waals surface area contributed by atoms with Crippen molar-refractivity contribution in [1.29, 1.82) is 0 Å². The first-order valence-electron chi connectivity index (χ1n) is 50.7. The maximum atomic E-state index is 2.58. The Hall–Kier alpha value is -12.4. The molecule has 0 spiro atoms. The van der Waals surface area contributed by atoms with Gasteiger partial charge in [0.2, 0.25) is 22.8 Å². The smallest absolute Gasteiger partial charge is 0.200 e. The molecule has 139 heavy (non-hydrogen) atoms. The van der Waals surface area contributed by atoms with Gasteiger partial charge in [-0.05, 0) is 210 Å². The molecule has 4 nitrogen and oxygen atoms in total. The van der Waals surface area contributed by atoms with E-state index in [9.17, 15) is 0 Å². The van der Waals surface area contributed by atoms with E-state index >= 15 is 0 Å². The summed E-state index contributed by atoms with van der Waals surface area (Å²) in [5.74, 6) is 2.19. The van der Waals surface area contributed by atoms with E-state index in [1.165, 1.54) is 201 Å². The van der Waals surface area contributed by atoms with Crippen molar-refractivity contribution in [3.63, 3.8) is 0 Å². The lowest BCUT2D eigenvalue weighted by molar-refractivity contribution is -0.659. The molecule has 0 aliphatic carbocycles. The number of hydrogen-bond acceptors (Lipinski definition) is 0.